The number of hydrogen-bond donors (Lipinski definition) is 0. The summed E-state index contributed by atoms with van der Waals surface area (Å²) in [6.07, 6.45) is 0.00756. The summed E-state index contributed by atoms with van der Waals surface area (Å²) >= 11 is 5.78. The van der Waals surface area contributed by atoms with Gasteiger partial charge in [-0.05, 0) is 24.6 Å². The number of benzene rings is 1. The number of ether oxygens (including phenoxy) is 1. The zero-order chi connectivity index (χ0) is 13.1. The molecule has 1 aromatic carbocycles. The van der Waals surface area contributed by atoms with Gasteiger partial charge in [0.2, 0.25) is 0 Å². The maximum atomic E-state index is 13.1. The third-order valence-electron chi connectivity index (χ3n) is 3.18. The van der Waals surface area contributed by atoms with E-state index in [-0.39, 0.29) is 12.1 Å². The predicted octanol–water partition coefficient (Wildman–Crippen LogP) is 2.79. The summed E-state index contributed by atoms with van der Waals surface area (Å²) < 4.78 is 31.5. The first-order chi connectivity index (χ1) is 8.60. The van der Waals surface area contributed by atoms with E-state index in [2.05, 4.69) is 4.90 Å². The minimum Gasteiger partial charge on any atom is -0.374 e. The highest BCUT2D eigenvalue weighted by Gasteiger charge is 2.25. The second kappa shape index (κ2) is 5.95. The normalized spacial score (nSPS) is 25.3. The van der Waals surface area contributed by atoms with E-state index in [0.717, 1.165) is 11.6 Å². The fraction of sp³-hybridized carbons (Fsp3) is 0.538. The van der Waals surface area contributed by atoms with Crippen LogP contribution in [0, 0.1) is 11.6 Å². The van der Waals surface area contributed by atoms with Crippen molar-refractivity contribution in [2.45, 2.75) is 25.6 Å². The van der Waals surface area contributed by atoms with Gasteiger partial charge in [-0.3, -0.25) is 4.90 Å². The molecule has 0 bridgehead atoms. The van der Waals surface area contributed by atoms with Crippen molar-refractivity contribution in [3.63, 3.8) is 0 Å². The summed E-state index contributed by atoms with van der Waals surface area (Å²) in [5.74, 6) is -1.17. The highest BCUT2D eigenvalue weighted by Crippen LogP contribution is 2.17. The van der Waals surface area contributed by atoms with Crippen LogP contribution in [0.5, 0.6) is 0 Å². The van der Waals surface area contributed by atoms with Crippen LogP contribution in [0.4, 0.5) is 8.78 Å². The number of halogens is 3. The van der Waals surface area contributed by atoms with Gasteiger partial charge in [0, 0.05) is 25.0 Å². The molecule has 0 saturated carbocycles. The minimum atomic E-state index is -0.813. The second-order valence-electron chi connectivity index (χ2n) is 4.64. The van der Waals surface area contributed by atoms with Crippen LogP contribution in [-0.4, -0.2) is 36.1 Å². The third kappa shape index (κ3) is 3.19. The lowest BCUT2D eigenvalue weighted by molar-refractivity contribution is -0.0511. The van der Waals surface area contributed by atoms with Crippen molar-refractivity contribution in [3.05, 3.63) is 35.4 Å². The first-order valence-electron chi connectivity index (χ1n) is 5.95. The molecule has 18 heavy (non-hydrogen) atoms. The van der Waals surface area contributed by atoms with Gasteiger partial charge in [-0.25, -0.2) is 8.78 Å². The molecular formula is C13H16ClF2NO. The Bertz CT molecular complexity index is 416. The molecule has 0 spiro atoms. The SMILES string of the molecule is CC1COC(CCl)CN1Cc1ccc(F)c(F)c1. The summed E-state index contributed by atoms with van der Waals surface area (Å²) in [7, 11) is 0. The Labute approximate surface area is 110 Å². The molecule has 100 valence electrons. The summed E-state index contributed by atoms with van der Waals surface area (Å²) in [4.78, 5) is 2.17. The fourth-order valence-electron chi connectivity index (χ4n) is 2.06. The van der Waals surface area contributed by atoms with Gasteiger partial charge in [0.05, 0.1) is 12.7 Å². The van der Waals surface area contributed by atoms with E-state index in [1.807, 2.05) is 6.92 Å². The van der Waals surface area contributed by atoms with Gasteiger partial charge in [-0.2, -0.15) is 0 Å². The maximum absolute atomic E-state index is 13.1. The fourth-order valence-corrected chi connectivity index (χ4v) is 2.25. The lowest BCUT2D eigenvalue weighted by Gasteiger charge is -2.37. The van der Waals surface area contributed by atoms with Crippen LogP contribution in [0.25, 0.3) is 0 Å². The molecule has 0 aromatic heterocycles. The van der Waals surface area contributed by atoms with Crippen LogP contribution in [-0.2, 0) is 11.3 Å². The number of nitrogens with zero attached hydrogens (tertiary/aromatic N) is 1. The Morgan fingerprint density at radius 2 is 2.17 bits per heavy atom. The van der Waals surface area contributed by atoms with Crippen LogP contribution in [0.1, 0.15) is 12.5 Å². The molecule has 0 N–H and O–H groups in total. The van der Waals surface area contributed by atoms with Crippen molar-refractivity contribution >= 4 is 11.6 Å². The highest BCUT2D eigenvalue weighted by atomic mass is 35.5. The smallest absolute Gasteiger partial charge is 0.159 e. The molecule has 0 amide bonds. The Morgan fingerprint density at radius 1 is 1.39 bits per heavy atom. The van der Waals surface area contributed by atoms with Crippen LogP contribution < -0.4 is 0 Å². The molecular weight excluding hydrogens is 260 g/mol. The summed E-state index contributed by atoms with van der Waals surface area (Å²) in [5, 5.41) is 0. The number of hydrogen-bond acceptors (Lipinski definition) is 2. The van der Waals surface area contributed by atoms with Crippen molar-refractivity contribution in [2.75, 3.05) is 19.0 Å². The molecule has 1 saturated heterocycles. The Morgan fingerprint density at radius 3 is 2.83 bits per heavy atom. The molecule has 1 aromatic rings. The number of alkyl halides is 1. The molecule has 1 fully saturated rings. The van der Waals surface area contributed by atoms with Gasteiger partial charge >= 0.3 is 0 Å². The van der Waals surface area contributed by atoms with Gasteiger partial charge < -0.3 is 4.74 Å². The molecule has 1 aliphatic heterocycles. The Hall–Kier alpha value is -0.710. The largest absolute Gasteiger partial charge is 0.374 e. The molecule has 2 rings (SSSR count). The Balaban J connectivity index is 2.04. The Kier molecular flexibility index (Phi) is 4.54. The van der Waals surface area contributed by atoms with Gasteiger partial charge in [0.15, 0.2) is 11.6 Å². The monoisotopic (exact) mass is 275 g/mol. The van der Waals surface area contributed by atoms with Crippen molar-refractivity contribution in [1.29, 1.82) is 0 Å². The van der Waals surface area contributed by atoms with Gasteiger partial charge in [0.25, 0.3) is 0 Å². The molecule has 5 heteroatoms. The molecule has 0 radical (unpaired) electrons. The average molecular weight is 276 g/mol. The van der Waals surface area contributed by atoms with Crippen molar-refractivity contribution in [2.24, 2.45) is 0 Å². The molecule has 2 atom stereocenters. The van der Waals surface area contributed by atoms with E-state index in [0.29, 0.717) is 25.6 Å². The van der Waals surface area contributed by atoms with Crippen LogP contribution in [0.2, 0.25) is 0 Å². The van der Waals surface area contributed by atoms with Crippen molar-refractivity contribution in [3.8, 4) is 0 Å². The molecule has 2 nitrogen and oxygen atoms in total. The third-order valence-corrected chi connectivity index (χ3v) is 3.52. The zero-order valence-electron chi connectivity index (χ0n) is 10.2. The number of morpholine rings is 1. The molecule has 0 aliphatic carbocycles. The van der Waals surface area contributed by atoms with Gasteiger partial charge in [-0.15, -0.1) is 11.6 Å². The standard InChI is InChI=1S/C13H16ClF2NO/c1-9-8-18-11(5-14)7-17(9)6-10-2-3-12(15)13(16)4-10/h2-4,9,11H,5-8H2,1H3. The van der Waals surface area contributed by atoms with Crippen molar-refractivity contribution < 1.29 is 13.5 Å². The summed E-state index contributed by atoms with van der Waals surface area (Å²) in [6.45, 7) is 3.95. The van der Waals surface area contributed by atoms with Crippen LogP contribution in [0.15, 0.2) is 18.2 Å². The van der Waals surface area contributed by atoms with Crippen LogP contribution in [0.3, 0.4) is 0 Å². The summed E-state index contributed by atoms with van der Waals surface area (Å²) in [5.41, 5.74) is 0.760. The first kappa shape index (κ1) is 13.7. The van der Waals surface area contributed by atoms with Crippen molar-refractivity contribution in [1.82, 2.24) is 4.90 Å². The zero-order valence-corrected chi connectivity index (χ0v) is 11.0. The van der Waals surface area contributed by atoms with E-state index in [9.17, 15) is 8.78 Å². The lowest BCUT2D eigenvalue weighted by Crippen LogP contribution is -2.48. The van der Waals surface area contributed by atoms with Crippen LogP contribution >= 0.6 is 11.6 Å². The lowest BCUT2D eigenvalue weighted by atomic mass is 10.1. The van der Waals surface area contributed by atoms with Gasteiger partial charge in [-0.1, -0.05) is 6.07 Å². The summed E-state index contributed by atoms with van der Waals surface area (Å²) in [6, 6.07) is 4.26. The topological polar surface area (TPSA) is 12.5 Å². The van der Waals surface area contributed by atoms with E-state index < -0.39 is 11.6 Å². The number of rotatable bonds is 3. The predicted molar refractivity (Wildman–Crippen MR) is 66.7 cm³/mol. The van der Waals surface area contributed by atoms with E-state index in [4.69, 9.17) is 16.3 Å². The quantitative estimate of drug-likeness (QED) is 0.787. The molecule has 1 aliphatic rings. The second-order valence-corrected chi connectivity index (χ2v) is 4.95. The molecule has 1 heterocycles. The van der Waals surface area contributed by atoms with E-state index in [1.54, 1.807) is 6.07 Å². The van der Waals surface area contributed by atoms with E-state index >= 15 is 0 Å². The minimum absolute atomic E-state index is 0.00756. The molecule has 2 unspecified atom stereocenters. The van der Waals surface area contributed by atoms with Gasteiger partial charge in [0.1, 0.15) is 0 Å². The average Bonchev–Trinajstić information content (AvgIpc) is 2.36. The van der Waals surface area contributed by atoms with E-state index in [1.165, 1.54) is 6.07 Å². The maximum Gasteiger partial charge on any atom is 0.159 e. The first-order valence-corrected chi connectivity index (χ1v) is 6.49. The highest BCUT2D eigenvalue weighted by molar-refractivity contribution is 6.18.